The molecule has 0 bridgehead atoms. The fraction of sp³-hybridized carbons (Fsp3) is 0.857. The first-order valence-electron chi connectivity index (χ1n) is 6.07. The maximum Gasteiger partial charge on any atom is 0.00968 e. The molecule has 0 aliphatic rings. The van der Waals surface area contributed by atoms with Crippen LogP contribution in [0.25, 0.3) is 0 Å². The standard InChI is InChI=1S/C14H29N/c1-8-14(7,10-9-12(2)3)11-15-13(4,5)6/h8,12,15H,1,9-11H2,2-7H3. The van der Waals surface area contributed by atoms with Gasteiger partial charge >= 0.3 is 0 Å². The minimum atomic E-state index is 0.197. The van der Waals surface area contributed by atoms with E-state index in [0.717, 1.165) is 12.5 Å². The van der Waals surface area contributed by atoms with Gasteiger partial charge in [-0.25, -0.2) is 0 Å². The van der Waals surface area contributed by atoms with E-state index < -0.39 is 0 Å². The Balaban J connectivity index is 4.13. The van der Waals surface area contributed by atoms with Crippen molar-refractivity contribution in [1.82, 2.24) is 5.32 Å². The van der Waals surface area contributed by atoms with E-state index in [-0.39, 0.29) is 11.0 Å². The number of hydrogen-bond acceptors (Lipinski definition) is 1. The van der Waals surface area contributed by atoms with E-state index in [1.54, 1.807) is 0 Å². The largest absolute Gasteiger partial charge is 0.311 e. The zero-order valence-corrected chi connectivity index (χ0v) is 11.5. The summed E-state index contributed by atoms with van der Waals surface area (Å²) in [6, 6.07) is 0. The minimum absolute atomic E-state index is 0.197. The smallest absolute Gasteiger partial charge is 0.00968 e. The van der Waals surface area contributed by atoms with Gasteiger partial charge in [0.15, 0.2) is 0 Å². The Hall–Kier alpha value is -0.300. The van der Waals surface area contributed by atoms with Crippen LogP contribution in [0.15, 0.2) is 12.7 Å². The van der Waals surface area contributed by atoms with Gasteiger partial charge in [0.2, 0.25) is 0 Å². The Kier molecular flexibility index (Phi) is 5.58. The minimum Gasteiger partial charge on any atom is -0.311 e. The fourth-order valence-corrected chi connectivity index (χ4v) is 1.35. The molecule has 15 heavy (non-hydrogen) atoms. The van der Waals surface area contributed by atoms with Gasteiger partial charge in [0.1, 0.15) is 0 Å². The summed E-state index contributed by atoms with van der Waals surface area (Å²) >= 11 is 0. The molecule has 1 heteroatoms. The van der Waals surface area contributed by atoms with Gasteiger partial charge < -0.3 is 5.32 Å². The molecule has 1 N–H and O–H groups in total. The molecule has 0 aromatic rings. The van der Waals surface area contributed by atoms with Crippen molar-refractivity contribution in [3.63, 3.8) is 0 Å². The Morgan fingerprint density at radius 3 is 2.07 bits per heavy atom. The Morgan fingerprint density at radius 2 is 1.73 bits per heavy atom. The molecule has 0 radical (unpaired) electrons. The van der Waals surface area contributed by atoms with Crippen LogP contribution in [0.5, 0.6) is 0 Å². The first-order chi connectivity index (χ1) is 6.68. The Morgan fingerprint density at radius 1 is 1.20 bits per heavy atom. The van der Waals surface area contributed by atoms with Crippen LogP contribution in [0.3, 0.4) is 0 Å². The average Bonchev–Trinajstić information content (AvgIpc) is 2.10. The van der Waals surface area contributed by atoms with Crippen molar-refractivity contribution in [3.8, 4) is 0 Å². The van der Waals surface area contributed by atoms with E-state index in [1.807, 2.05) is 0 Å². The highest BCUT2D eigenvalue weighted by Gasteiger charge is 2.22. The molecule has 0 fully saturated rings. The predicted octanol–water partition coefficient (Wildman–Crippen LogP) is 4.00. The SMILES string of the molecule is C=CC(C)(CCC(C)C)CNC(C)(C)C. The Labute approximate surface area is 96.3 Å². The van der Waals surface area contributed by atoms with E-state index >= 15 is 0 Å². The van der Waals surface area contributed by atoms with Crippen LogP contribution >= 0.6 is 0 Å². The zero-order chi connectivity index (χ0) is 12.1. The molecule has 0 spiro atoms. The second-order valence-corrected chi connectivity index (χ2v) is 6.39. The summed E-state index contributed by atoms with van der Waals surface area (Å²) in [7, 11) is 0. The predicted molar refractivity (Wildman–Crippen MR) is 70.1 cm³/mol. The molecular weight excluding hydrogens is 182 g/mol. The molecule has 0 aliphatic carbocycles. The molecule has 0 heterocycles. The molecule has 0 saturated heterocycles. The van der Waals surface area contributed by atoms with Crippen LogP contribution in [0.1, 0.15) is 54.4 Å². The van der Waals surface area contributed by atoms with Crippen molar-refractivity contribution < 1.29 is 0 Å². The lowest BCUT2D eigenvalue weighted by Crippen LogP contribution is -2.42. The zero-order valence-electron chi connectivity index (χ0n) is 11.5. The molecule has 1 atom stereocenters. The Bertz CT molecular complexity index is 188. The van der Waals surface area contributed by atoms with Crippen molar-refractivity contribution >= 4 is 0 Å². The molecule has 0 aromatic heterocycles. The van der Waals surface area contributed by atoms with Gasteiger partial charge in [0.25, 0.3) is 0 Å². The van der Waals surface area contributed by atoms with Crippen LogP contribution in [0.4, 0.5) is 0 Å². The maximum atomic E-state index is 3.97. The van der Waals surface area contributed by atoms with Gasteiger partial charge in [-0.2, -0.15) is 0 Å². The molecule has 90 valence electrons. The van der Waals surface area contributed by atoms with Crippen LogP contribution in [-0.2, 0) is 0 Å². The molecule has 1 unspecified atom stereocenters. The van der Waals surface area contributed by atoms with E-state index in [9.17, 15) is 0 Å². The van der Waals surface area contributed by atoms with E-state index in [4.69, 9.17) is 0 Å². The lowest BCUT2D eigenvalue weighted by Gasteiger charge is -2.31. The summed E-state index contributed by atoms with van der Waals surface area (Å²) in [6.07, 6.45) is 4.60. The quantitative estimate of drug-likeness (QED) is 0.655. The third-order valence-corrected chi connectivity index (χ3v) is 2.81. The van der Waals surface area contributed by atoms with Crippen molar-refractivity contribution in [2.45, 2.75) is 59.9 Å². The van der Waals surface area contributed by atoms with Crippen LogP contribution in [0, 0.1) is 11.3 Å². The van der Waals surface area contributed by atoms with Crippen molar-refractivity contribution in [1.29, 1.82) is 0 Å². The molecular formula is C14H29N. The lowest BCUT2D eigenvalue weighted by atomic mass is 9.83. The van der Waals surface area contributed by atoms with Crippen molar-refractivity contribution in [3.05, 3.63) is 12.7 Å². The lowest BCUT2D eigenvalue weighted by molar-refractivity contribution is 0.290. The van der Waals surface area contributed by atoms with E-state index in [1.165, 1.54) is 12.8 Å². The third-order valence-electron chi connectivity index (χ3n) is 2.81. The number of rotatable bonds is 6. The van der Waals surface area contributed by atoms with E-state index in [0.29, 0.717) is 0 Å². The van der Waals surface area contributed by atoms with Gasteiger partial charge in [-0.15, -0.1) is 6.58 Å². The molecule has 0 aliphatic heterocycles. The van der Waals surface area contributed by atoms with Crippen molar-refractivity contribution in [2.75, 3.05) is 6.54 Å². The molecule has 0 rings (SSSR count). The molecule has 0 aromatic carbocycles. The average molecular weight is 211 g/mol. The summed E-state index contributed by atoms with van der Waals surface area (Å²) in [5.41, 5.74) is 0.430. The van der Waals surface area contributed by atoms with Gasteiger partial charge in [-0.1, -0.05) is 33.3 Å². The normalized spacial score (nSPS) is 16.5. The summed E-state index contributed by atoms with van der Waals surface area (Å²) in [4.78, 5) is 0. The third kappa shape index (κ3) is 7.61. The maximum absolute atomic E-state index is 3.97. The van der Waals surface area contributed by atoms with Crippen molar-refractivity contribution in [2.24, 2.45) is 11.3 Å². The molecule has 0 amide bonds. The van der Waals surface area contributed by atoms with Gasteiger partial charge in [-0.05, 0) is 38.5 Å². The van der Waals surface area contributed by atoms with Crippen LogP contribution in [0.2, 0.25) is 0 Å². The van der Waals surface area contributed by atoms with E-state index in [2.05, 4.69) is 59.5 Å². The summed E-state index contributed by atoms with van der Waals surface area (Å²) in [6.45, 7) is 18.5. The summed E-state index contributed by atoms with van der Waals surface area (Å²) < 4.78 is 0. The topological polar surface area (TPSA) is 12.0 Å². The van der Waals surface area contributed by atoms with Gasteiger partial charge in [0.05, 0.1) is 0 Å². The first-order valence-corrected chi connectivity index (χ1v) is 6.07. The van der Waals surface area contributed by atoms with Gasteiger partial charge in [-0.3, -0.25) is 0 Å². The fourth-order valence-electron chi connectivity index (χ4n) is 1.35. The monoisotopic (exact) mass is 211 g/mol. The number of nitrogens with one attached hydrogen (secondary N) is 1. The van der Waals surface area contributed by atoms with Crippen LogP contribution in [-0.4, -0.2) is 12.1 Å². The first kappa shape index (κ1) is 14.7. The highest BCUT2D eigenvalue weighted by Crippen LogP contribution is 2.26. The molecule has 0 saturated carbocycles. The van der Waals surface area contributed by atoms with Gasteiger partial charge in [0, 0.05) is 12.1 Å². The highest BCUT2D eigenvalue weighted by molar-refractivity contribution is 4.94. The summed E-state index contributed by atoms with van der Waals surface area (Å²) in [5.74, 6) is 0.777. The highest BCUT2D eigenvalue weighted by atomic mass is 15.0. The van der Waals surface area contributed by atoms with Crippen LogP contribution < -0.4 is 5.32 Å². The second-order valence-electron chi connectivity index (χ2n) is 6.39. The molecule has 1 nitrogen and oxygen atoms in total. The second kappa shape index (κ2) is 5.69. The summed E-state index contributed by atoms with van der Waals surface area (Å²) in [5, 5.41) is 3.57. The number of hydrogen-bond donors (Lipinski definition) is 1.